The van der Waals surface area contributed by atoms with Crippen LogP contribution in [-0.4, -0.2) is 56.8 Å². The largest absolute Gasteiger partial charge is 0.475 e. The zero-order valence-corrected chi connectivity index (χ0v) is 22.1. The summed E-state index contributed by atoms with van der Waals surface area (Å²) in [7, 11) is -1.91. The average molecular weight is 528 g/mol. The molecule has 1 aliphatic heterocycles. The van der Waals surface area contributed by atoms with Crippen LogP contribution < -0.4 is 19.7 Å². The van der Waals surface area contributed by atoms with Gasteiger partial charge in [0.05, 0.1) is 29.1 Å². The lowest BCUT2D eigenvalue weighted by molar-refractivity contribution is -0.125. The molecule has 1 aromatic carbocycles. The van der Waals surface area contributed by atoms with E-state index in [9.17, 15) is 13.2 Å². The van der Waals surface area contributed by atoms with Crippen molar-refractivity contribution in [2.24, 2.45) is 0 Å². The average Bonchev–Trinajstić information content (AvgIpc) is 3.03. The van der Waals surface area contributed by atoms with Crippen LogP contribution in [0.2, 0.25) is 0 Å². The lowest BCUT2D eigenvalue weighted by atomic mass is 9.64. The monoisotopic (exact) mass is 527 g/mol. The number of ether oxygens (including phenoxy) is 1. The second kappa shape index (κ2) is 9.21. The highest BCUT2D eigenvalue weighted by molar-refractivity contribution is 7.92. The first-order valence-electron chi connectivity index (χ1n) is 12.3. The van der Waals surface area contributed by atoms with Gasteiger partial charge in [-0.1, -0.05) is 20.3 Å². The fourth-order valence-electron chi connectivity index (χ4n) is 5.20. The highest BCUT2D eigenvalue weighted by atomic mass is 32.2. The van der Waals surface area contributed by atoms with Crippen LogP contribution in [0.5, 0.6) is 5.88 Å². The number of anilines is 2. The Morgan fingerprint density at radius 1 is 1.19 bits per heavy atom. The summed E-state index contributed by atoms with van der Waals surface area (Å²) in [5, 5.41) is 3.93. The van der Waals surface area contributed by atoms with Gasteiger partial charge in [-0.15, -0.1) is 0 Å². The highest BCUT2D eigenvalue weighted by Gasteiger charge is 2.54. The number of rotatable bonds is 8. The van der Waals surface area contributed by atoms with Crippen molar-refractivity contribution in [3.8, 4) is 17.0 Å². The summed E-state index contributed by atoms with van der Waals surface area (Å²) in [5.41, 5.74) is 2.22. The van der Waals surface area contributed by atoms with Crippen molar-refractivity contribution in [3.63, 3.8) is 0 Å². The van der Waals surface area contributed by atoms with Crippen molar-refractivity contribution in [1.82, 2.24) is 15.3 Å². The molecule has 1 saturated carbocycles. The molecule has 1 fully saturated rings. The molecular weight excluding hydrogens is 497 g/mol. The summed E-state index contributed by atoms with van der Waals surface area (Å²) in [5.74, 6) is -0.380. The molecule has 1 aliphatic carbocycles. The highest BCUT2D eigenvalue weighted by Crippen LogP contribution is 2.55. The van der Waals surface area contributed by atoms with Gasteiger partial charge in [0.15, 0.2) is 0 Å². The minimum Gasteiger partial charge on any atom is -0.475 e. The fraction of sp³-hybridized carbons (Fsp3) is 0.423. The van der Waals surface area contributed by atoms with Crippen molar-refractivity contribution in [2.75, 3.05) is 36.1 Å². The maximum Gasteiger partial charge on any atom is 0.238 e. The molecule has 0 atom stereocenters. The van der Waals surface area contributed by atoms with Gasteiger partial charge in [-0.05, 0) is 25.0 Å². The predicted molar refractivity (Wildman–Crippen MR) is 141 cm³/mol. The van der Waals surface area contributed by atoms with Crippen LogP contribution >= 0.6 is 0 Å². The number of benzene rings is 1. The molecule has 1 spiro atoms. The molecule has 5 rings (SSSR count). The van der Waals surface area contributed by atoms with Crippen LogP contribution in [0.4, 0.5) is 15.8 Å². The number of halogens is 1. The number of carbonyl (C=O) groups excluding carboxylic acids is 1. The van der Waals surface area contributed by atoms with E-state index in [-0.39, 0.29) is 35.7 Å². The Morgan fingerprint density at radius 2 is 1.95 bits per heavy atom. The fourth-order valence-corrected chi connectivity index (χ4v) is 5.74. The van der Waals surface area contributed by atoms with Gasteiger partial charge < -0.3 is 15.0 Å². The molecule has 37 heavy (non-hydrogen) atoms. The van der Waals surface area contributed by atoms with Gasteiger partial charge in [-0.3, -0.25) is 14.5 Å². The second-order valence-electron chi connectivity index (χ2n) is 10.1. The molecule has 1 amide bonds. The van der Waals surface area contributed by atoms with Crippen molar-refractivity contribution in [1.29, 1.82) is 0 Å². The molecule has 3 heterocycles. The number of carbonyl (C=O) groups is 1. The van der Waals surface area contributed by atoms with E-state index in [1.54, 1.807) is 24.2 Å². The third-order valence-corrected chi connectivity index (χ3v) is 7.64. The Morgan fingerprint density at radius 3 is 2.59 bits per heavy atom. The minimum absolute atomic E-state index is 0.0451. The molecule has 2 aromatic heterocycles. The third-order valence-electron chi connectivity index (χ3n) is 7.05. The Bertz CT molecular complexity index is 1500. The minimum atomic E-state index is -3.65. The van der Waals surface area contributed by atoms with E-state index >= 15 is 4.39 Å². The van der Waals surface area contributed by atoms with Gasteiger partial charge in [0.2, 0.25) is 21.8 Å². The number of aromatic nitrogens is 2. The third kappa shape index (κ3) is 4.50. The number of amides is 1. The van der Waals surface area contributed by atoms with Crippen molar-refractivity contribution >= 4 is 38.2 Å². The zero-order chi connectivity index (χ0) is 26.5. The SMILES string of the molecule is CC(C)NCCOc1ncc(-c2cc3c4c(cnc3cc2F)N(C)C(=O)C42CCC2)cc1NS(C)(=O)=O. The maximum absolute atomic E-state index is 15.4. The first kappa shape index (κ1) is 25.3. The quantitative estimate of drug-likeness (QED) is 0.431. The Kier molecular flexibility index (Phi) is 6.31. The topological polar surface area (TPSA) is 114 Å². The van der Waals surface area contributed by atoms with Gasteiger partial charge in [0.25, 0.3) is 0 Å². The van der Waals surface area contributed by atoms with Crippen LogP contribution in [0.3, 0.4) is 0 Å². The van der Waals surface area contributed by atoms with Crippen LogP contribution in [0, 0.1) is 5.82 Å². The summed E-state index contributed by atoms with van der Waals surface area (Å²) >= 11 is 0. The number of nitrogens with zero attached hydrogens (tertiary/aromatic N) is 3. The van der Waals surface area contributed by atoms with E-state index in [1.807, 2.05) is 13.8 Å². The van der Waals surface area contributed by atoms with Crippen molar-refractivity contribution in [3.05, 3.63) is 42.0 Å². The maximum atomic E-state index is 15.4. The number of nitrogens with one attached hydrogen (secondary N) is 2. The Labute approximate surface area is 215 Å². The van der Waals surface area contributed by atoms with Crippen molar-refractivity contribution < 1.29 is 22.3 Å². The molecule has 9 nitrogen and oxygen atoms in total. The lowest BCUT2D eigenvalue weighted by Crippen LogP contribution is -2.43. The number of fused-ring (bicyclic) bond motifs is 4. The van der Waals surface area contributed by atoms with Gasteiger partial charge >= 0.3 is 0 Å². The van der Waals surface area contributed by atoms with Crippen LogP contribution in [-0.2, 0) is 20.2 Å². The molecule has 0 radical (unpaired) electrons. The molecule has 196 valence electrons. The van der Waals surface area contributed by atoms with E-state index in [0.717, 1.165) is 36.8 Å². The number of hydrogen-bond acceptors (Lipinski definition) is 7. The molecule has 0 saturated heterocycles. The second-order valence-corrected chi connectivity index (χ2v) is 11.8. The standard InChI is InChI=1S/C26H30FN5O4S/c1-15(2)28-8-9-36-24-21(31-37(4,34)35)10-16(13-30-24)17-11-18-20(12-19(17)27)29-14-22-23(18)26(6-5-7-26)25(33)32(22)3/h10-15,28,31H,5-9H2,1-4H3. The first-order chi connectivity index (χ1) is 17.5. The molecule has 2 aliphatic rings. The molecule has 2 N–H and O–H groups in total. The summed E-state index contributed by atoms with van der Waals surface area (Å²) in [6.45, 7) is 4.83. The van der Waals surface area contributed by atoms with E-state index in [1.165, 1.54) is 18.3 Å². The van der Waals surface area contributed by atoms with Crippen LogP contribution in [0.15, 0.2) is 30.6 Å². The van der Waals surface area contributed by atoms with E-state index in [2.05, 4.69) is 20.0 Å². The van der Waals surface area contributed by atoms with E-state index in [0.29, 0.717) is 23.0 Å². The summed E-state index contributed by atoms with van der Waals surface area (Å²) in [6, 6.07) is 4.83. The summed E-state index contributed by atoms with van der Waals surface area (Å²) in [4.78, 5) is 23.5. The number of pyridine rings is 2. The molecule has 11 heteroatoms. The number of hydrogen-bond donors (Lipinski definition) is 2. The lowest BCUT2D eigenvalue weighted by Gasteiger charge is -2.37. The van der Waals surface area contributed by atoms with E-state index in [4.69, 9.17) is 4.74 Å². The Hall–Kier alpha value is -3.31. The van der Waals surface area contributed by atoms with Gasteiger partial charge in [0.1, 0.15) is 18.1 Å². The predicted octanol–water partition coefficient (Wildman–Crippen LogP) is 3.58. The Balaban J connectivity index is 1.59. The molecule has 0 unspecified atom stereocenters. The summed E-state index contributed by atoms with van der Waals surface area (Å²) in [6.07, 6.45) is 6.57. The van der Waals surface area contributed by atoms with E-state index < -0.39 is 21.3 Å². The number of sulfonamides is 1. The van der Waals surface area contributed by atoms with Crippen LogP contribution in [0.1, 0.15) is 38.7 Å². The molecular formula is C26H30FN5O4S. The molecule has 3 aromatic rings. The van der Waals surface area contributed by atoms with Crippen LogP contribution in [0.25, 0.3) is 22.0 Å². The first-order valence-corrected chi connectivity index (χ1v) is 14.1. The normalized spacial score (nSPS) is 16.4. The number of likely N-dealkylation sites (N-methyl/N-ethyl adjacent to an activating group) is 1. The van der Waals surface area contributed by atoms with Crippen molar-refractivity contribution in [2.45, 2.75) is 44.6 Å². The zero-order valence-electron chi connectivity index (χ0n) is 21.3. The van der Waals surface area contributed by atoms with Gasteiger partial charge in [0, 0.05) is 54.0 Å². The van der Waals surface area contributed by atoms with Gasteiger partial charge in [-0.2, -0.15) is 0 Å². The summed E-state index contributed by atoms with van der Waals surface area (Å²) < 4.78 is 47.6. The molecule has 0 bridgehead atoms. The smallest absolute Gasteiger partial charge is 0.238 e. The van der Waals surface area contributed by atoms with Gasteiger partial charge in [-0.25, -0.2) is 17.8 Å².